The molecule has 2 aromatic carbocycles. The second-order valence-corrected chi connectivity index (χ2v) is 7.68. The second kappa shape index (κ2) is 7.98. The van der Waals surface area contributed by atoms with Gasteiger partial charge in [0.05, 0.1) is 12.7 Å². The van der Waals surface area contributed by atoms with Crippen molar-refractivity contribution in [2.45, 2.75) is 29.2 Å². The highest BCUT2D eigenvalue weighted by Gasteiger charge is 2.14. The highest BCUT2D eigenvalue weighted by atomic mass is 35.5. The number of carboxylic acid groups (broad SMARTS) is 1. The van der Waals surface area contributed by atoms with Crippen LogP contribution in [0.4, 0.5) is 0 Å². The number of benzene rings is 2. The standard InChI is InChI=1S/C20H19ClN2O2S/c1-13(11-18(24)25)14-3-5-15(6-4-14)19-20(23(2)12-22-19)26-17-9-7-16(21)8-10-17/h3-10,12-13H,11H2,1-2H3,(H,24,25)/t13-/m1/s1. The molecule has 1 N–H and O–H groups in total. The van der Waals surface area contributed by atoms with Crippen LogP contribution in [-0.2, 0) is 11.8 Å². The minimum atomic E-state index is -0.784. The van der Waals surface area contributed by atoms with E-state index in [-0.39, 0.29) is 12.3 Å². The van der Waals surface area contributed by atoms with Gasteiger partial charge in [0, 0.05) is 22.5 Å². The van der Waals surface area contributed by atoms with Gasteiger partial charge in [0.2, 0.25) is 0 Å². The SMILES string of the molecule is C[C@H](CC(=O)O)c1ccc(-c2ncn(C)c2Sc2ccc(Cl)cc2)cc1. The number of rotatable bonds is 6. The third-order valence-corrected chi connectivity index (χ3v) is 5.58. The Morgan fingerprint density at radius 1 is 1.19 bits per heavy atom. The number of aliphatic carboxylic acids is 1. The molecule has 0 unspecified atom stereocenters. The molecule has 0 bridgehead atoms. The maximum atomic E-state index is 10.9. The van der Waals surface area contributed by atoms with Gasteiger partial charge < -0.3 is 9.67 Å². The maximum absolute atomic E-state index is 10.9. The summed E-state index contributed by atoms with van der Waals surface area (Å²) in [5, 5.41) is 10.7. The molecule has 0 fully saturated rings. The predicted octanol–water partition coefficient (Wildman–Crippen LogP) is 5.47. The van der Waals surface area contributed by atoms with Crippen molar-refractivity contribution in [1.82, 2.24) is 9.55 Å². The quantitative estimate of drug-likeness (QED) is 0.610. The first-order valence-corrected chi connectivity index (χ1v) is 9.40. The van der Waals surface area contributed by atoms with Gasteiger partial charge in [-0.3, -0.25) is 4.79 Å². The number of nitrogens with zero attached hydrogens (tertiary/aromatic N) is 2. The number of hydrogen-bond donors (Lipinski definition) is 1. The number of halogens is 1. The van der Waals surface area contributed by atoms with Crippen molar-refractivity contribution < 1.29 is 9.90 Å². The minimum absolute atomic E-state index is 0.0202. The molecule has 0 spiro atoms. The molecule has 3 rings (SSSR count). The summed E-state index contributed by atoms with van der Waals surface area (Å²) in [6, 6.07) is 15.7. The zero-order valence-corrected chi connectivity index (χ0v) is 16.1. The Kier molecular flexibility index (Phi) is 5.69. The van der Waals surface area contributed by atoms with E-state index in [9.17, 15) is 4.79 Å². The third kappa shape index (κ3) is 4.29. The zero-order valence-electron chi connectivity index (χ0n) is 14.5. The molecule has 1 atom stereocenters. The van der Waals surface area contributed by atoms with Gasteiger partial charge in [-0.15, -0.1) is 0 Å². The molecular weight excluding hydrogens is 368 g/mol. The van der Waals surface area contributed by atoms with Crippen LogP contribution in [0.5, 0.6) is 0 Å². The smallest absolute Gasteiger partial charge is 0.303 e. The van der Waals surface area contributed by atoms with E-state index in [2.05, 4.69) is 4.98 Å². The Bertz CT molecular complexity index is 905. The van der Waals surface area contributed by atoms with Gasteiger partial charge in [0.15, 0.2) is 0 Å². The molecule has 1 heterocycles. The number of aryl methyl sites for hydroxylation is 1. The van der Waals surface area contributed by atoms with Crippen LogP contribution in [0.25, 0.3) is 11.3 Å². The van der Waals surface area contributed by atoms with E-state index in [1.807, 2.05) is 67.1 Å². The summed E-state index contributed by atoms with van der Waals surface area (Å²) in [5.74, 6) is -0.804. The van der Waals surface area contributed by atoms with Gasteiger partial charge >= 0.3 is 5.97 Å². The van der Waals surface area contributed by atoms with E-state index >= 15 is 0 Å². The van der Waals surface area contributed by atoms with Crippen LogP contribution >= 0.6 is 23.4 Å². The molecule has 26 heavy (non-hydrogen) atoms. The lowest BCUT2D eigenvalue weighted by Gasteiger charge is -2.10. The fourth-order valence-corrected chi connectivity index (χ4v) is 3.78. The summed E-state index contributed by atoms with van der Waals surface area (Å²) < 4.78 is 2.00. The van der Waals surface area contributed by atoms with E-state index in [0.717, 1.165) is 26.7 Å². The monoisotopic (exact) mass is 386 g/mol. The molecule has 0 aliphatic rings. The van der Waals surface area contributed by atoms with E-state index in [1.54, 1.807) is 18.1 Å². The van der Waals surface area contributed by atoms with Crippen LogP contribution in [0.2, 0.25) is 5.02 Å². The van der Waals surface area contributed by atoms with Crippen LogP contribution in [-0.4, -0.2) is 20.6 Å². The Morgan fingerprint density at radius 3 is 2.46 bits per heavy atom. The van der Waals surface area contributed by atoms with Crippen molar-refractivity contribution in [3.63, 3.8) is 0 Å². The summed E-state index contributed by atoms with van der Waals surface area (Å²) in [5.41, 5.74) is 2.93. The number of hydrogen-bond acceptors (Lipinski definition) is 3. The predicted molar refractivity (Wildman–Crippen MR) is 105 cm³/mol. The van der Waals surface area contributed by atoms with Crippen LogP contribution in [0, 0.1) is 0 Å². The van der Waals surface area contributed by atoms with Gasteiger partial charge in [-0.05, 0) is 35.7 Å². The van der Waals surface area contributed by atoms with Crippen molar-refractivity contribution in [3.05, 3.63) is 65.4 Å². The summed E-state index contributed by atoms with van der Waals surface area (Å²) in [7, 11) is 1.97. The molecule has 0 saturated heterocycles. The number of carboxylic acids is 1. The Hall–Kier alpha value is -2.24. The molecule has 1 aromatic heterocycles. The normalized spacial score (nSPS) is 12.1. The lowest BCUT2D eigenvalue weighted by molar-refractivity contribution is -0.137. The highest BCUT2D eigenvalue weighted by Crippen LogP contribution is 2.35. The maximum Gasteiger partial charge on any atom is 0.303 e. The Labute approximate surface area is 161 Å². The first-order valence-electron chi connectivity index (χ1n) is 8.21. The van der Waals surface area contributed by atoms with Gasteiger partial charge in [-0.1, -0.05) is 54.6 Å². The molecule has 6 heteroatoms. The minimum Gasteiger partial charge on any atom is -0.481 e. The van der Waals surface area contributed by atoms with Crippen LogP contribution in [0.1, 0.15) is 24.8 Å². The second-order valence-electron chi connectivity index (χ2n) is 6.19. The lowest BCUT2D eigenvalue weighted by atomic mass is 9.96. The van der Waals surface area contributed by atoms with Crippen LogP contribution in [0.15, 0.2) is 64.8 Å². The number of aromatic nitrogens is 2. The van der Waals surface area contributed by atoms with E-state index in [1.165, 1.54) is 0 Å². The molecule has 0 radical (unpaired) electrons. The van der Waals surface area contributed by atoms with Crippen molar-refractivity contribution >= 4 is 29.3 Å². The molecule has 134 valence electrons. The van der Waals surface area contributed by atoms with Crippen molar-refractivity contribution in [2.75, 3.05) is 0 Å². The fraction of sp³-hybridized carbons (Fsp3) is 0.200. The van der Waals surface area contributed by atoms with Gasteiger partial charge in [-0.25, -0.2) is 4.98 Å². The molecule has 0 saturated carbocycles. The zero-order chi connectivity index (χ0) is 18.7. The van der Waals surface area contributed by atoms with E-state index < -0.39 is 5.97 Å². The summed E-state index contributed by atoms with van der Waals surface area (Å²) in [4.78, 5) is 16.5. The molecule has 0 aliphatic heterocycles. The number of imidazole rings is 1. The van der Waals surface area contributed by atoms with Crippen LogP contribution < -0.4 is 0 Å². The number of carbonyl (C=O) groups is 1. The molecule has 0 amide bonds. The first kappa shape index (κ1) is 18.5. The molecular formula is C20H19ClN2O2S. The van der Waals surface area contributed by atoms with Crippen molar-refractivity contribution in [3.8, 4) is 11.3 Å². The Morgan fingerprint density at radius 2 is 1.85 bits per heavy atom. The van der Waals surface area contributed by atoms with Crippen molar-refractivity contribution in [1.29, 1.82) is 0 Å². The molecule has 0 aliphatic carbocycles. The van der Waals surface area contributed by atoms with E-state index in [4.69, 9.17) is 16.7 Å². The highest BCUT2D eigenvalue weighted by molar-refractivity contribution is 7.99. The average Bonchev–Trinajstić information content (AvgIpc) is 2.97. The van der Waals surface area contributed by atoms with Gasteiger partial charge in [-0.2, -0.15) is 0 Å². The first-order chi connectivity index (χ1) is 12.4. The average molecular weight is 387 g/mol. The van der Waals surface area contributed by atoms with Crippen molar-refractivity contribution in [2.24, 2.45) is 7.05 Å². The van der Waals surface area contributed by atoms with Gasteiger partial charge in [0.25, 0.3) is 0 Å². The summed E-state index contributed by atoms with van der Waals surface area (Å²) in [6.45, 7) is 1.92. The topological polar surface area (TPSA) is 55.1 Å². The van der Waals surface area contributed by atoms with Gasteiger partial charge in [0.1, 0.15) is 10.7 Å². The Balaban J connectivity index is 1.85. The summed E-state index contributed by atoms with van der Waals surface area (Å²) >= 11 is 7.59. The molecule has 4 nitrogen and oxygen atoms in total. The largest absolute Gasteiger partial charge is 0.481 e. The lowest BCUT2D eigenvalue weighted by Crippen LogP contribution is -2.02. The van der Waals surface area contributed by atoms with E-state index in [0.29, 0.717) is 5.02 Å². The summed E-state index contributed by atoms with van der Waals surface area (Å²) in [6.07, 6.45) is 1.93. The third-order valence-electron chi connectivity index (χ3n) is 4.15. The molecule has 3 aromatic rings. The fourth-order valence-electron chi connectivity index (χ4n) is 2.70. The van der Waals surface area contributed by atoms with Crippen LogP contribution in [0.3, 0.4) is 0 Å².